The van der Waals surface area contributed by atoms with Crippen LogP contribution in [0.2, 0.25) is 0 Å². The molecule has 2 N–H and O–H groups in total. The molecule has 2 amide bonds. The Hall–Kier alpha value is -3.19. The van der Waals surface area contributed by atoms with Gasteiger partial charge in [-0.1, -0.05) is 17.7 Å². The number of carbonyl (C=O) groups is 2. The van der Waals surface area contributed by atoms with E-state index in [0.717, 1.165) is 24.3 Å². The van der Waals surface area contributed by atoms with Gasteiger partial charge in [-0.3, -0.25) is 19.8 Å². The average Bonchev–Trinajstić information content (AvgIpc) is 2.69. The van der Waals surface area contributed by atoms with Gasteiger partial charge in [0.05, 0.1) is 5.69 Å². The van der Waals surface area contributed by atoms with Gasteiger partial charge < -0.3 is 10.0 Å². The molecule has 150 valence electrons. The number of aromatic hydroxyl groups is 1. The number of aryl methyl sites for hydroxylation is 1. The molecule has 1 fully saturated rings. The molecule has 1 aliphatic heterocycles. The lowest BCUT2D eigenvalue weighted by atomic mass is 10.1. The van der Waals surface area contributed by atoms with Gasteiger partial charge in [0.1, 0.15) is 11.3 Å². The van der Waals surface area contributed by atoms with Crippen LogP contribution < -0.4 is 15.1 Å². The number of rotatable bonds is 5. The van der Waals surface area contributed by atoms with Gasteiger partial charge >= 0.3 is 0 Å². The van der Waals surface area contributed by atoms with Crippen LogP contribution in [0.3, 0.4) is 0 Å². The van der Waals surface area contributed by atoms with E-state index in [4.69, 9.17) is 12.2 Å². The highest BCUT2D eigenvalue weighted by Crippen LogP contribution is 2.28. The zero-order valence-electron chi connectivity index (χ0n) is 16.6. The van der Waals surface area contributed by atoms with E-state index in [1.807, 2.05) is 39.0 Å². The molecule has 2 aromatic rings. The SMILES string of the molecule is CCN(CC)c1ccc(/C=C2/C(=O)NC(=S)N(c3ccc(C)cc3)C2=O)c(O)c1. The molecule has 7 heteroatoms. The topological polar surface area (TPSA) is 72.9 Å². The minimum absolute atomic E-state index is 0.00228. The Morgan fingerprint density at radius 3 is 2.34 bits per heavy atom. The Labute approximate surface area is 175 Å². The number of phenols is 1. The number of nitrogens with zero attached hydrogens (tertiary/aromatic N) is 2. The van der Waals surface area contributed by atoms with Crippen molar-refractivity contribution in [1.82, 2.24) is 5.32 Å². The molecular weight excluding hydrogens is 386 g/mol. The van der Waals surface area contributed by atoms with Crippen molar-refractivity contribution in [2.24, 2.45) is 0 Å². The quantitative estimate of drug-likeness (QED) is 0.450. The molecule has 0 radical (unpaired) electrons. The molecule has 0 spiro atoms. The summed E-state index contributed by atoms with van der Waals surface area (Å²) in [6.45, 7) is 7.62. The zero-order chi connectivity index (χ0) is 21.1. The van der Waals surface area contributed by atoms with Gasteiger partial charge in [0.2, 0.25) is 0 Å². The van der Waals surface area contributed by atoms with Gasteiger partial charge in [-0.2, -0.15) is 0 Å². The van der Waals surface area contributed by atoms with Crippen LogP contribution in [0.5, 0.6) is 5.75 Å². The van der Waals surface area contributed by atoms with Crippen molar-refractivity contribution >= 4 is 46.6 Å². The van der Waals surface area contributed by atoms with Crippen LogP contribution in [-0.4, -0.2) is 35.1 Å². The molecule has 29 heavy (non-hydrogen) atoms. The Balaban J connectivity index is 1.97. The molecule has 0 bridgehead atoms. The number of hydrogen-bond donors (Lipinski definition) is 2. The normalized spacial score (nSPS) is 15.6. The Morgan fingerprint density at radius 2 is 1.76 bits per heavy atom. The van der Waals surface area contributed by atoms with Crippen LogP contribution in [0, 0.1) is 6.92 Å². The summed E-state index contributed by atoms with van der Waals surface area (Å²) in [5, 5.41) is 13.0. The van der Waals surface area contributed by atoms with Gasteiger partial charge in [0.15, 0.2) is 5.11 Å². The number of phenolic OH excluding ortho intramolecular Hbond substituents is 1. The predicted octanol–water partition coefficient (Wildman–Crippen LogP) is 3.38. The first-order valence-corrected chi connectivity index (χ1v) is 9.82. The highest BCUT2D eigenvalue weighted by Gasteiger charge is 2.34. The lowest BCUT2D eigenvalue weighted by Gasteiger charge is -2.29. The van der Waals surface area contributed by atoms with Gasteiger partial charge in [-0.15, -0.1) is 0 Å². The fourth-order valence-electron chi connectivity index (χ4n) is 3.18. The average molecular weight is 410 g/mol. The predicted molar refractivity (Wildman–Crippen MR) is 119 cm³/mol. The second-order valence-corrected chi connectivity index (χ2v) is 7.10. The second kappa shape index (κ2) is 8.45. The number of thiocarbonyl (C=S) groups is 1. The monoisotopic (exact) mass is 409 g/mol. The Kier molecular flexibility index (Phi) is 5.98. The van der Waals surface area contributed by atoms with Crippen LogP contribution in [0.1, 0.15) is 25.0 Å². The summed E-state index contributed by atoms with van der Waals surface area (Å²) < 4.78 is 0. The van der Waals surface area contributed by atoms with E-state index >= 15 is 0 Å². The maximum Gasteiger partial charge on any atom is 0.270 e. The molecule has 0 saturated carbocycles. The van der Waals surface area contributed by atoms with Crippen LogP contribution in [0.4, 0.5) is 11.4 Å². The summed E-state index contributed by atoms with van der Waals surface area (Å²) in [6, 6.07) is 12.4. The third kappa shape index (κ3) is 4.14. The van der Waals surface area contributed by atoms with E-state index in [1.165, 1.54) is 11.0 Å². The van der Waals surface area contributed by atoms with Crippen molar-refractivity contribution in [3.63, 3.8) is 0 Å². The van der Waals surface area contributed by atoms with Gasteiger partial charge in [0.25, 0.3) is 11.8 Å². The molecule has 1 heterocycles. The molecule has 0 aromatic heterocycles. The van der Waals surface area contributed by atoms with Crippen LogP contribution >= 0.6 is 12.2 Å². The van der Waals surface area contributed by atoms with Gasteiger partial charge in [-0.05, 0) is 63.3 Å². The fraction of sp³-hybridized carbons (Fsp3) is 0.227. The first kappa shape index (κ1) is 20.5. The summed E-state index contributed by atoms with van der Waals surface area (Å²) in [5.74, 6) is -1.12. The van der Waals surface area contributed by atoms with Crippen molar-refractivity contribution in [1.29, 1.82) is 0 Å². The molecule has 0 aliphatic carbocycles. The Bertz CT molecular complexity index is 995. The van der Waals surface area contributed by atoms with E-state index in [2.05, 4.69) is 10.2 Å². The molecule has 2 aromatic carbocycles. The van der Waals surface area contributed by atoms with Crippen molar-refractivity contribution in [2.75, 3.05) is 22.9 Å². The molecule has 3 rings (SSSR count). The number of carbonyl (C=O) groups excluding carboxylic acids is 2. The van der Waals surface area contributed by atoms with Crippen LogP contribution in [0.15, 0.2) is 48.0 Å². The number of benzene rings is 2. The smallest absolute Gasteiger partial charge is 0.270 e. The number of anilines is 2. The standard InChI is InChI=1S/C22H23N3O3S/c1-4-24(5-2)17-11-8-15(19(26)13-17)12-18-20(27)23-22(29)25(21(18)28)16-9-6-14(3)7-10-16/h6-13,26H,4-5H2,1-3H3,(H,23,27,29)/b18-12-. The molecule has 1 aliphatic rings. The van der Waals surface area contributed by atoms with Gasteiger partial charge in [-0.25, -0.2) is 0 Å². The third-order valence-corrected chi connectivity index (χ3v) is 5.12. The number of nitrogens with one attached hydrogen (secondary N) is 1. The zero-order valence-corrected chi connectivity index (χ0v) is 17.4. The molecule has 6 nitrogen and oxygen atoms in total. The third-order valence-electron chi connectivity index (χ3n) is 4.84. The van der Waals surface area contributed by atoms with Crippen LogP contribution in [0.25, 0.3) is 6.08 Å². The lowest BCUT2D eigenvalue weighted by molar-refractivity contribution is -0.122. The Morgan fingerprint density at radius 1 is 1.10 bits per heavy atom. The molecule has 1 saturated heterocycles. The van der Waals surface area contributed by atoms with Crippen molar-refractivity contribution in [2.45, 2.75) is 20.8 Å². The van der Waals surface area contributed by atoms with E-state index in [9.17, 15) is 14.7 Å². The van der Waals surface area contributed by atoms with Gasteiger partial charge in [0, 0.05) is 30.4 Å². The maximum atomic E-state index is 13.0. The largest absolute Gasteiger partial charge is 0.507 e. The number of amides is 2. The first-order valence-electron chi connectivity index (χ1n) is 9.41. The minimum atomic E-state index is -0.587. The first-order chi connectivity index (χ1) is 13.8. The van der Waals surface area contributed by atoms with E-state index < -0.39 is 11.8 Å². The summed E-state index contributed by atoms with van der Waals surface area (Å²) in [5.41, 5.74) is 2.78. The summed E-state index contributed by atoms with van der Waals surface area (Å²) in [4.78, 5) is 28.8. The fourth-order valence-corrected chi connectivity index (χ4v) is 3.46. The van der Waals surface area contributed by atoms with Crippen LogP contribution in [-0.2, 0) is 9.59 Å². The summed E-state index contributed by atoms with van der Waals surface area (Å²) in [7, 11) is 0. The maximum absolute atomic E-state index is 13.0. The number of hydrogen-bond acceptors (Lipinski definition) is 5. The lowest BCUT2D eigenvalue weighted by Crippen LogP contribution is -2.54. The van der Waals surface area contributed by atoms with E-state index in [0.29, 0.717) is 11.3 Å². The van der Waals surface area contributed by atoms with Crippen molar-refractivity contribution in [3.05, 3.63) is 59.2 Å². The summed E-state index contributed by atoms with van der Waals surface area (Å²) in [6.07, 6.45) is 1.39. The minimum Gasteiger partial charge on any atom is -0.507 e. The molecule has 0 unspecified atom stereocenters. The highest BCUT2D eigenvalue weighted by atomic mass is 32.1. The molecule has 0 atom stereocenters. The van der Waals surface area contributed by atoms with Crippen molar-refractivity contribution in [3.8, 4) is 5.75 Å². The molecular formula is C22H23N3O3S. The van der Waals surface area contributed by atoms with E-state index in [1.54, 1.807) is 24.3 Å². The highest BCUT2D eigenvalue weighted by molar-refractivity contribution is 7.80. The van der Waals surface area contributed by atoms with Crippen molar-refractivity contribution < 1.29 is 14.7 Å². The summed E-state index contributed by atoms with van der Waals surface area (Å²) >= 11 is 5.20. The van der Waals surface area contributed by atoms with E-state index in [-0.39, 0.29) is 16.4 Å². The second-order valence-electron chi connectivity index (χ2n) is 6.71.